The molecule has 1 saturated carbocycles. The van der Waals surface area contributed by atoms with Gasteiger partial charge in [-0.05, 0) is 54.7 Å². The van der Waals surface area contributed by atoms with Crippen LogP contribution in [0.25, 0.3) is 6.08 Å². The van der Waals surface area contributed by atoms with Gasteiger partial charge in [0.15, 0.2) is 0 Å². The van der Waals surface area contributed by atoms with E-state index in [1.165, 1.54) is 63.0 Å². The normalized spacial score (nSPS) is 23.7. The lowest BCUT2D eigenvalue weighted by atomic mass is 9.77. The predicted octanol–water partition coefficient (Wildman–Crippen LogP) is 7.07. The van der Waals surface area contributed by atoms with E-state index in [-0.39, 0.29) is 5.82 Å². The monoisotopic (exact) mass is 332 g/mol. The zero-order chi connectivity index (χ0) is 16.9. The summed E-state index contributed by atoms with van der Waals surface area (Å²) in [4.78, 5) is 0. The highest BCUT2D eigenvalue weighted by molar-refractivity contribution is 5.60. The van der Waals surface area contributed by atoms with Crippen LogP contribution in [0.4, 0.5) is 8.78 Å². The van der Waals surface area contributed by atoms with E-state index in [2.05, 4.69) is 6.92 Å². The quantitative estimate of drug-likeness (QED) is 0.522. The molecule has 0 saturated heterocycles. The molecule has 1 fully saturated rings. The Morgan fingerprint density at radius 3 is 2.38 bits per heavy atom. The number of benzene rings is 1. The fourth-order valence-electron chi connectivity index (χ4n) is 4.48. The average Bonchev–Trinajstić information content (AvgIpc) is 2.58. The van der Waals surface area contributed by atoms with Gasteiger partial charge in [0, 0.05) is 6.07 Å². The molecule has 2 aliphatic rings. The van der Waals surface area contributed by atoms with Gasteiger partial charge in [-0.15, -0.1) is 0 Å². The van der Waals surface area contributed by atoms with Crippen LogP contribution in [0, 0.1) is 23.5 Å². The SMILES string of the molecule is CCCCC1CCC(CCC2=Cc3cc(F)cc(F)c3CC2)CC1. The van der Waals surface area contributed by atoms with Crippen molar-refractivity contribution in [3.8, 4) is 0 Å². The second-order valence-corrected chi connectivity index (χ2v) is 7.83. The topological polar surface area (TPSA) is 0 Å². The Hall–Kier alpha value is -1.18. The highest BCUT2D eigenvalue weighted by atomic mass is 19.1. The van der Waals surface area contributed by atoms with E-state index < -0.39 is 5.82 Å². The molecule has 0 N–H and O–H groups in total. The summed E-state index contributed by atoms with van der Waals surface area (Å²) in [5, 5.41) is 0. The van der Waals surface area contributed by atoms with Crippen LogP contribution in [-0.2, 0) is 6.42 Å². The van der Waals surface area contributed by atoms with Crippen molar-refractivity contribution in [2.45, 2.75) is 77.6 Å². The van der Waals surface area contributed by atoms with Crippen molar-refractivity contribution in [3.63, 3.8) is 0 Å². The van der Waals surface area contributed by atoms with Gasteiger partial charge in [-0.2, -0.15) is 0 Å². The van der Waals surface area contributed by atoms with Gasteiger partial charge in [0.05, 0.1) is 0 Å². The second kappa shape index (κ2) is 8.27. The third-order valence-corrected chi connectivity index (χ3v) is 6.06. The smallest absolute Gasteiger partial charge is 0.129 e. The molecule has 24 heavy (non-hydrogen) atoms. The van der Waals surface area contributed by atoms with Crippen molar-refractivity contribution in [1.29, 1.82) is 0 Å². The van der Waals surface area contributed by atoms with Gasteiger partial charge in [-0.25, -0.2) is 8.78 Å². The van der Waals surface area contributed by atoms with E-state index >= 15 is 0 Å². The summed E-state index contributed by atoms with van der Waals surface area (Å²) >= 11 is 0. The van der Waals surface area contributed by atoms with Crippen LogP contribution < -0.4 is 0 Å². The van der Waals surface area contributed by atoms with E-state index in [9.17, 15) is 8.78 Å². The van der Waals surface area contributed by atoms with Crippen LogP contribution in [-0.4, -0.2) is 0 Å². The molecular weight excluding hydrogens is 302 g/mol. The molecule has 2 heteroatoms. The molecule has 0 amide bonds. The molecule has 0 bridgehead atoms. The summed E-state index contributed by atoms with van der Waals surface area (Å²) in [6.45, 7) is 2.28. The predicted molar refractivity (Wildman–Crippen MR) is 96.9 cm³/mol. The summed E-state index contributed by atoms with van der Waals surface area (Å²) in [6.07, 6.45) is 15.7. The Morgan fingerprint density at radius 2 is 1.67 bits per heavy atom. The van der Waals surface area contributed by atoms with Crippen LogP contribution in [0.15, 0.2) is 17.7 Å². The van der Waals surface area contributed by atoms with Gasteiger partial charge in [0.25, 0.3) is 0 Å². The van der Waals surface area contributed by atoms with Crippen molar-refractivity contribution < 1.29 is 8.78 Å². The van der Waals surface area contributed by atoms with Gasteiger partial charge in [0.1, 0.15) is 11.6 Å². The molecule has 132 valence electrons. The number of halogens is 2. The Morgan fingerprint density at radius 1 is 0.958 bits per heavy atom. The molecule has 0 aliphatic heterocycles. The minimum absolute atomic E-state index is 0.384. The van der Waals surface area contributed by atoms with E-state index in [0.29, 0.717) is 5.56 Å². The summed E-state index contributed by atoms with van der Waals surface area (Å²) in [5.41, 5.74) is 2.83. The van der Waals surface area contributed by atoms with Crippen molar-refractivity contribution in [1.82, 2.24) is 0 Å². The highest BCUT2D eigenvalue weighted by Gasteiger charge is 2.22. The molecule has 1 aromatic carbocycles. The van der Waals surface area contributed by atoms with Gasteiger partial charge in [-0.3, -0.25) is 0 Å². The van der Waals surface area contributed by atoms with Crippen molar-refractivity contribution in [3.05, 3.63) is 40.5 Å². The molecule has 0 heterocycles. The summed E-state index contributed by atoms with van der Waals surface area (Å²) in [6, 6.07) is 2.49. The first kappa shape index (κ1) is 17.6. The van der Waals surface area contributed by atoms with Crippen molar-refractivity contribution in [2.75, 3.05) is 0 Å². The molecule has 2 aliphatic carbocycles. The standard InChI is InChI=1S/C22H30F2/c1-2-3-4-16-5-7-17(8-6-16)9-10-18-11-12-21-19(13-18)14-20(23)15-22(21)24/h13-17H,2-12H2,1H3. The third-order valence-electron chi connectivity index (χ3n) is 6.06. The maximum atomic E-state index is 13.8. The minimum atomic E-state index is -0.464. The highest BCUT2D eigenvalue weighted by Crippen LogP contribution is 2.36. The van der Waals surface area contributed by atoms with E-state index in [0.717, 1.165) is 42.7 Å². The summed E-state index contributed by atoms with van der Waals surface area (Å²) < 4.78 is 27.2. The number of unbranched alkanes of at least 4 members (excludes halogenated alkanes) is 1. The van der Waals surface area contributed by atoms with Crippen LogP contribution in [0.1, 0.15) is 82.3 Å². The maximum absolute atomic E-state index is 13.8. The van der Waals surface area contributed by atoms with Gasteiger partial charge >= 0.3 is 0 Å². The molecule has 0 spiro atoms. The van der Waals surface area contributed by atoms with Crippen LogP contribution in [0.5, 0.6) is 0 Å². The van der Waals surface area contributed by atoms with Crippen LogP contribution >= 0.6 is 0 Å². The summed E-state index contributed by atoms with van der Waals surface area (Å²) in [5.74, 6) is 0.974. The largest absolute Gasteiger partial charge is 0.207 e. The molecule has 0 aromatic heterocycles. The van der Waals surface area contributed by atoms with Crippen LogP contribution in [0.2, 0.25) is 0 Å². The van der Waals surface area contributed by atoms with Gasteiger partial charge < -0.3 is 0 Å². The number of fused-ring (bicyclic) bond motifs is 1. The Balaban J connectivity index is 1.50. The molecule has 3 rings (SSSR count). The van der Waals surface area contributed by atoms with Gasteiger partial charge in [-0.1, -0.05) is 63.5 Å². The first-order valence-electron chi connectivity index (χ1n) is 9.83. The zero-order valence-corrected chi connectivity index (χ0v) is 14.9. The first-order chi connectivity index (χ1) is 11.7. The van der Waals surface area contributed by atoms with E-state index in [1.54, 1.807) is 0 Å². The number of allylic oxidation sites excluding steroid dienone is 1. The number of hydrogen-bond acceptors (Lipinski definition) is 0. The van der Waals surface area contributed by atoms with Crippen molar-refractivity contribution in [2.24, 2.45) is 11.8 Å². The van der Waals surface area contributed by atoms with E-state index in [4.69, 9.17) is 0 Å². The van der Waals surface area contributed by atoms with Gasteiger partial charge in [0.2, 0.25) is 0 Å². The lowest BCUT2D eigenvalue weighted by Crippen LogP contribution is -2.15. The zero-order valence-electron chi connectivity index (χ0n) is 14.9. The lowest BCUT2D eigenvalue weighted by Gasteiger charge is -2.29. The van der Waals surface area contributed by atoms with Crippen molar-refractivity contribution >= 4 is 6.08 Å². The third kappa shape index (κ3) is 4.46. The number of rotatable bonds is 6. The maximum Gasteiger partial charge on any atom is 0.129 e. The Labute approximate surface area is 145 Å². The minimum Gasteiger partial charge on any atom is -0.207 e. The second-order valence-electron chi connectivity index (χ2n) is 7.83. The fourth-order valence-corrected chi connectivity index (χ4v) is 4.48. The average molecular weight is 332 g/mol. The molecule has 0 atom stereocenters. The van der Waals surface area contributed by atoms with Crippen LogP contribution in [0.3, 0.4) is 0 Å². The molecule has 0 nitrogen and oxygen atoms in total. The molecule has 0 unspecified atom stereocenters. The number of hydrogen-bond donors (Lipinski definition) is 0. The molecular formula is C22H30F2. The first-order valence-corrected chi connectivity index (χ1v) is 9.83. The van der Waals surface area contributed by atoms with E-state index in [1.807, 2.05) is 6.08 Å². The molecule has 1 aromatic rings. The molecule has 0 radical (unpaired) electrons. The Kier molecular flexibility index (Phi) is 6.08. The Bertz CT molecular complexity index is 580. The fraction of sp³-hybridized carbons (Fsp3) is 0.636. The summed E-state index contributed by atoms with van der Waals surface area (Å²) in [7, 11) is 0. The lowest BCUT2D eigenvalue weighted by molar-refractivity contribution is 0.249.